The van der Waals surface area contributed by atoms with Crippen molar-refractivity contribution in [3.63, 3.8) is 0 Å². The maximum Gasteiger partial charge on any atom is 0.305 e. The minimum Gasteiger partial charge on any atom is -0.481 e. The lowest BCUT2D eigenvalue weighted by molar-refractivity contribution is -0.142. The maximum absolute atomic E-state index is 15.7. The van der Waals surface area contributed by atoms with Crippen LogP contribution in [0.5, 0.6) is 0 Å². The van der Waals surface area contributed by atoms with Gasteiger partial charge in [-0.25, -0.2) is 0 Å². The third-order valence-electron chi connectivity index (χ3n) is 28.5. The molecule has 0 unspecified atom stereocenters. The fraction of sp³-hybridized carbons (Fsp3) is 0.364. The van der Waals surface area contributed by atoms with Crippen LogP contribution in [0.3, 0.4) is 0 Å². The Kier molecular flexibility index (Phi) is 43.1. The summed E-state index contributed by atoms with van der Waals surface area (Å²) in [7, 11) is 0. The number of carboxylic acid groups (broad SMARTS) is 1. The molecule has 0 radical (unpaired) electrons. The largest absolute Gasteiger partial charge is 0.481 e. The van der Waals surface area contributed by atoms with E-state index in [0.717, 1.165) is 61.2 Å². The zero-order valence-corrected chi connectivity index (χ0v) is 85.6. The number of nitrogens with one attached hydrogen (secondary N) is 1. The first-order chi connectivity index (χ1) is 69.6. The fourth-order valence-electron chi connectivity index (χ4n) is 19.3. The Labute approximate surface area is 852 Å². The van der Waals surface area contributed by atoms with Gasteiger partial charge in [-0.05, 0) is 137 Å². The number of carboxylic acids is 1. The number of hydrogen-bond acceptors (Lipinski definition) is 12. The van der Waals surface area contributed by atoms with Crippen molar-refractivity contribution in [1.82, 2.24) is 54.3 Å². The number of aliphatic carboxylic acids is 1. The summed E-state index contributed by atoms with van der Waals surface area (Å²) < 4.78 is 0. The monoisotopic (exact) mass is 1940 g/mol. The Morgan fingerprint density at radius 2 is 0.285 bits per heavy atom. The Hall–Kier alpha value is -14.5. The molecule has 756 valence electrons. The topological polar surface area (TPSA) is 252 Å². The fourth-order valence-corrected chi connectivity index (χ4v) is 19.3. The summed E-state index contributed by atoms with van der Waals surface area (Å²) in [5, 5.41) is 13.3. The number of nitrogens with zero attached hydrogens (tertiary/aromatic N) is 10. The zero-order valence-electron chi connectivity index (χ0n) is 85.6. The molecule has 11 atom stereocenters. The molecule has 0 heterocycles. The molecule has 0 aliphatic rings. The van der Waals surface area contributed by atoms with Gasteiger partial charge in [0.25, 0.3) is 0 Å². The summed E-state index contributed by atoms with van der Waals surface area (Å²) >= 11 is 0. The van der Waals surface area contributed by atoms with E-state index in [1.54, 1.807) is 49.0 Å². The first kappa shape index (κ1) is 110. The lowest BCUT2D eigenvalue weighted by atomic mass is 10.0. The van der Waals surface area contributed by atoms with Gasteiger partial charge in [0.05, 0.1) is 66.8 Å². The summed E-state index contributed by atoms with van der Waals surface area (Å²) in [4.78, 5) is 182. The van der Waals surface area contributed by atoms with Crippen molar-refractivity contribution in [2.75, 3.05) is 72.0 Å². The van der Waals surface area contributed by atoms with Crippen LogP contribution >= 0.6 is 0 Å². The molecular formula is C121H145N11O12. The highest BCUT2D eigenvalue weighted by Crippen LogP contribution is 2.35. The number of carbonyl (C=O) groups excluding carboxylic acids is 10. The van der Waals surface area contributed by atoms with Gasteiger partial charge in [-0.2, -0.15) is 0 Å². The molecule has 2 N–H and O–H groups in total. The minimum atomic E-state index is -1.04. The molecule has 144 heavy (non-hydrogen) atoms. The quantitative estimate of drug-likeness (QED) is 0.0360. The average molecular weight is 1950 g/mol. The van der Waals surface area contributed by atoms with Crippen LogP contribution in [0, 0.1) is 0 Å². The molecule has 0 fully saturated rings. The van der Waals surface area contributed by atoms with Crippen molar-refractivity contribution in [1.29, 1.82) is 0 Å². The lowest BCUT2D eigenvalue weighted by Gasteiger charge is -2.36. The van der Waals surface area contributed by atoms with Crippen molar-refractivity contribution in [3.05, 3.63) is 395 Å². The van der Waals surface area contributed by atoms with Crippen LogP contribution in [0.1, 0.15) is 274 Å². The van der Waals surface area contributed by atoms with E-state index in [1.807, 2.05) is 391 Å². The van der Waals surface area contributed by atoms with Gasteiger partial charge in [0.2, 0.25) is 59.1 Å². The zero-order chi connectivity index (χ0) is 103. The van der Waals surface area contributed by atoms with Gasteiger partial charge >= 0.3 is 5.97 Å². The highest BCUT2D eigenvalue weighted by Gasteiger charge is 2.36. The van der Waals surface area contributed by atoms with Gasteiger partial charge in [0.15, 0.2) is 0 Å². The second-order valence-electron chi connectivity index (χ2n) is 37.5. The second-order valence-corrected chi connectivity index (χ2v) is 37.5. The molecule has 23 heteroatoms. The molecule has 0 bridgehead atoms. The van der Waals surface area contributed by atoms with Gasteiger partial charge in [-0.1, -0.05) is 334 Å². The molecule has 23 nitrogen and oxygen atoms in total. The summed E-state index contributed by atoms with van der Waals surface area (Å²) in [6.07, 6.45) is -1.13. The molecule has 10 amide bonds. The SMILES string of the molecule is C[C@H](NCCC(=O)N(CCC(=O)N(CCC(=O)N(CCC(=O)N(CCC(=O)N(CCC(=O)N(CCC(=O)N(CCC(=O)N(CCC(=O)N(CCC(=O)N(CCC(=O)O)[C@@H](C)c1ccccc1)[C@@H](C)c1ccccc1)[C@@H](C)c1ccccc1)[C@@H](C)c1ccccc1)[C@@H](C)c1ccccc1)[C@@H](C)c1ccccc1)[C@@H](C)c1ccccc1)[C@@H](C)c1ccccc1)[C@@H](C)c1ccccc1)[C@@H](C)c1ccccc1)c1ccccc1. The van der Waals surface area contributed by atoms with Crippen LogP contribution in [0.25, 0.3) is 0 Å². The smallest absolute Gasteiger partial charge is 0.305 e. The van der Waals surface area contributed by atoms with Gasteiger partial charge < -0.3 is 59.4 Å². The average Bonchev–Trinajstić information content (AvgIpc) is 0.828. The van der Waals surface area contributed by atoms with E-state index in [1.165, 1.54) is 0 Å². The Bertz CT molecular complexity index is 5690. The first-order valence-corrected chi connectivity index (χ1v) is 51.0. The standard InChI is InChI=1S/C121H145N11O12/c1-89(100-45-23-12-24-46-100)122-78-67-111(133)123(90(2)101-47-25-13-26-48-101)79-68-112(134)124(91(3)102-49-27-14-28-50-102)80-69-113(135)125(92(4)103-51-29-15-30-52-103)81-70-114(136)126(93(5)104-53-31-16-32-54-104)82-71-115(137)127(94(6)105-55-33-17-34-56-105)83-72-116(138)128(95(7)106-57-35-18-36-58-106)84-73-117(139)129(96(8)107-59-37-19-38-60-107)85-74-118(140)130(97(9)108-61-39-20-40-62-108)86-75-119(141)131(98(10)109-63-41-21-42-64-109)87-76-120(142)132(88-77-121(143)144)99(11)110-65-43-22-44-66-110/h12-66,89-99,122H,67-88H2,1-11H3,(H,143,144)/t89-,90-,91-,92-,93-,94-,95-,96-,97-,98-,99-/m0/s1. The second kappa shape index (κ2) is 56.4. The lowest BCUT2D eigenvalue weighted by Crippen LogP contribution is -2.44. The Balaban J connectivity index is 0.801. The van der Waals surface area contributed by atoms with Crippen molar-refractivity contribution < 1.29 is 57.8 Å². The van der Waals surface area contributed by atoms with Crippen LogP contribution in [0.4, 0.5) is 0 Å². The molecular weight excluding hydrogens is 1800 g/mol. The Morgan fingerprint density at radius 3 is 0.410 bits per heavy atom. The van der Waals surface area contributed by atoms with E-state index in [9.17, 15) is 19.5 Å². The number of rotatable bonds is 55. The highest BCUT2D eigenvalue weighted by atomic mass is 16.4. The van der Waals surface area contributed by atoms with Crippen LogP contribution in [0.2, 0.25) is 0 Å². The van der Waals surface area contributed by atoms with E-state index in [-0.39, 0.29) is 207 Å². The predicted octanol–water partition coefficient (Wildman–Crippen LogP) is 21.6. The van der Waals surface area contributed by atoms with E-state index < -0.39 is 60.3 Å². The number of amides is 10. The van der Waals surface area contributed by atoms with Crippen LogP contribution < -0.4 is 5.32 Å². The third-order valence-corrected chi connectivity index (χ3v) is 28.5. The molecule has 0 aliphatic heterocycles. The van der Waals surface area contributed by atoms with E-state index in [4.69, 9.17) is 0 Å². The van der Waals surface area contributed by atoms with E-state index >= 15 is 38.4 Å². The summed E-state index contributed by atoms with van der Waals surface area (Å²) in [5.74, 6) is -3.88. The van der Waals surface area contributed by atoms with Gasteiger partial charge in [-0.15, -0.1) is 0 Å². The number of hydrogen-bond donors (Lipinski definition) is 2. The molecule has 11 aromatic rings. The van der Waals surface area contributed by atoms with Crippen molar-refractivity contribution in [2.45, 2.75) is 213 Å². The normalized spacial score (nSPS) is 13.5. The molecule has 0 saturated heterocycles. The highest BCUT2D eigenvalue weighted by molar-refractivity contribution is 5.86. The van der Waals surface area contributed by atoms with Crippen LogP contribution in [-0.4, -0.2) is 191 Å². The van der Waals surface area contributed by atoms with E-state index in [2.05, 4.69) is 24.4 Å². The molecule has 11 rings (SSSR count). The Morgan fingerprint density at radius 1 is 0.174 bits per heavy atom. The molecule has 0 aliphatic carbocycles. The summed E-state index contributed by atoms with van der Waals surface area (Å²) in [6, 6.07) is 101. The van der Waals surface area contributed by atoms with Crippen LogP contribution in [0.15, 0.2) is 334 Å². The molecule has 0 spiro atoms. The van der Waals surface area contributed by atoms with Crippen molar-refractivity contribution >= 4 is 65.0 Å². The molecule has 0 saturated carbocycles. The molecule has 11 aromatic carbocycles. The van der Waals surface area contributed by atoms with E-state index in [0.29, 0.717) is 6.54 Å². The summed E-state index contributed by atoms with van der Waals surface area (Å²) in [5.41, 5.74) is 9.51. The van der Waals surface area contributed by atoms with Gasteiger partial charge in [0, 0.05) is 142 Å². The van der Waals surface area contributed by atoms with Crippen LogP contribution in [-0.2, 0) is 52.7 Å². The molecule has 0 aromatic heterocycles. The number of carbonyl (C=O) groups is 11. The van der Waals surface area contributed by atoms with Gasteiger partial charge in [0.1, 0.15) is 0 Å². The first-order valence-electron chi connectivity index (χ1n) is 51.0. The third kappa shape index (κ3) is 31.8. The predicted molar refractivity (Wildman–Crippen MR) is 567 cm³/mol. The van der Waals surface area contributed by atoms with Crippen molar-refractivity contribution in [3.8, 4) is 0 Å². The van der Waals surface area contributed by atoms with Gasteiger partial charge in [-0.3, -0.25) is 52.7 Å². The minimum absolute atomic E-state index is 0.00470. The number of benzene rings is 11. The summed E-state index contributed by atoms with van der Waals surface area (Å²) in [6.45, 7) is 21.7. The van der Waals surface area contributed by atoms with Crippen molar-refractivity contribution in [2.24, 2.45) is 0 Å². The maximum atomic E-state index is 15.7.